The number of rotatable bonds is 4. The molecule has 1 atom stereocenters. The second-order valence-corrected chi connectivity index (χ2v) is 6.95. The molecule has 0 bridgehead atoms. The second-order valence-electron chi connectivity index (χ2n) is 6.95. The number of hydrogen-bond acceptors (Lipinski definition) is 4. The summed E-state index contributed by atoms with van der Waals surface area (Å²) >= 11 is 0. The zero-order valence-corrected chi connectivity index (χ0v) is 14.3. The number of carbonyl (C=O) groups excluding carboxylic acids is 2. The lowest BCUT2D eigenvalue weighted by Gasteiger charge is -2.20. The van der Waals surface area contributed by atoms with Crippen molar-refractivity contribution in [1.82, 2.24) is 5.32 Å². The number of carbonyl (C=O) groups is 2. The molecule has 0 spiro atoms. The Labute approximate surface area is 137 Å². The molecule has 126 valence electrons. The van der Waals surface area contributed by atoms with E-state index in [-0.39, 0.29) is 5.92 Å². The third kappa shape index (κ3) is 5.27. The maximum absolute atomic E-state index is 11.8. The van der Waals surface area contributed by atoms with E-state index in [9.17, 15) is 9.59 Å². The Kier molecular flexibility index (Phi) is 5.29. The van der Waals surface area contributed by atoms with Gasteiger partial charge in [0.2, 0.25) is 0 Å². The first-order valence-corrected chi connectivity index (χ1v) is 7.93. The Morgan fingerprint density at radius 2 is 2.04 bits per heavy atom. The standard InChI is InChI=1S/C18H25NO4/c1-18(2,3)23-17(21)19-11-12-7-14(10-16(8-12)22-4)13-5-6-15(20)9-13/h7-8,10,13H,5-6,9,11H2,1-4H3,(H,19,21). The SMILES string of the molecule is COc1cc(CNC(=O)OC(C)(C)C)cc(C2CCC(=O)C2)c1. The van der Waals surface area contributed by atoms with Crippen molar-refractivity contribution in [3.8, 4) is 5.75 Å². The monoisotopic (exact) mass is 319 g/mol. The van der Waals surface area contributed by atoms with Gasteiger partial charge in [0.1, 0.15) is 17.1 Å². The van der Waals surface area contributed by atoms with Gasteiger partial charge in [-0.1, -0.05) is 6.07 Å². The number of Topliss-reactive ketones (excluding diaryl/α,β-unsaturated/α-hetero) is 1. The number of methoxy groups -OCH3 is 1. The average molecular weight is 319 g/mol. The smallest absolute Gasteiger partial charge is 0.407 e. The van der Waals surface area contributed by atoms with Crippen LogP contribution in [0.5, 0.6) is 5.75 Å². The first kappa shape index (κ1) is 17.3. The van der Waals surface area contributed by atoms with E-state index in [0.29, 0.717) is 25.2 Å². The zero-order chi connectivity index (χ0) is 17.0. The van der Waals surface area contributed by atoms with Gasteiger partial charge >= 0.3 is 6.09 Å². The predicted molar refractivity (Wildman–Crippen MR) is 87.7 cm³/mol. The van der Waals surface area contributed by atoms with Crippen molar-refractivity contribution in [2.45, 2.75) is 58.1 Å². The third-order valence-electron chi connectivity index (χ3n) is 3.78. The molecule has 1 amide bonds. The molecule has 23 heavy (non-hydrogen) atoms. The number of amides is 1. The van der Waals surface area contributed by atoms with Crippen molar-refractivity contribution in [3.63, 3.8) is 0 Å². The molecule has 1 aliphatic carbocycles. The maximum atomic E-state index is 11.8. The summed E-state index contributed by atoms with van der Waals surface area (Å²) in [7, 11) is 1.62. The highest BCUT2D eigenvalue weighted by Gasteiger charge is 2.24. The first-order chi connectivity index (χ1) is 10.8. The number of alkyl carbamates (subject to hydrolysis) is 1. The van der Waals surface area contributed by atoms with E-state index >= 15 is 0 Å². The molecule has 0 aromatic heterocycles. The number of benzene rings is 1. The van der Waals surface area contributed by atoms with E-state index < -0.39 is 11.7 Å². The largest absolute Gasteiger partial charge is 0.497 e. The van der Waals surface area contributed by atoms with Crippen LogP contribution in [0, 0.1) is 0 Å². The van der Waals surface area contributed by atoms with E-state index in [1.165, 1.54) is 0 Å². The van der Waals surface area contributed by atoms with Crippen LogP contribution in [0.1, 0.15) is 57.1 Å². The van der Waals surface area contributed by atoms with Crippen LogP contribution in [0.15, 0.2) is 18.2 Å². The number of ketones is 1. The van der Waals surface area contributed by atoms with Gasteiger partial charge in [-0.15, -0.1) is 0 Å². The Morgan fingerprint density at radius 1 is 1.30 bits per heavy atom. The Bertz CT molecular complexity index is 589. The van der Waals surface area contributed by atoms with Gasteiger partial charge in [-0.3, -0.25) is 4.79 Å². The predicted octanol–water partition coefficient (Wildman–Crippen LogP) is 3.56. The molecule has 1 aromatic carbocycles. The van der Waals surface area contributed by atoms with Gasteiger partial charge in [-0.05, 0) is 56.4 Å². The number of hydrogen-bond donors (Lipinski definition) is 1. The van der Waals surface area contributed by atoms with Crippen molar-refractivity contribution in [3.05, 3.63) is 29.3 Å². The molecular formula is C18H25NO4. The minimum Gasteiger partial charge on any atom is -0.497 e. The topological polar surface area (TPSA) is 64.6 Å². The Hall–Kier alpha value is -2.04. The molecule has 1 fully saturated rings. The lowest BCUT2D eigenvalue weighted by atomic mass is 9.95. The summed E-state index contributed by atoms with van der Waals surface area (Å²) in [5, 5.41) is 2.75. The molecular weight excluding hydrogens is 294 g/mol. The highest BCUT2D eigenvalue weighted by molar-refractivity contribution is 5.81. The van der Waals surface area contributed by atoms with Crippen molar-refractivity contribution < 1.29 is 19.1 Å². The number of nitrogens with one attached hydrogen (secondary N) is 1. The van der Waals surface area contributed by atoms with Crippen LogP contribution < -0.4 is 10.1 Å². The zero-order valence-electron chi connectivity index (χ0n) is 14.3. The molecule has 0 heterocycles. The molecule has 2 rings (SSSR count). The van der Waals surface area contributed by atoms with Crippen LogP contribution in [0.2, 0.25) is 0 Å². The summed E-state index contributed by atoms with van der Waals surface area (Å²) in [6.07, 6.45) is 1.67. The van der Waals surface area contributed by atoms with E-state index in [0.717, 1.165) is 23.3 Å². The average Bonchev–Trinajstić information content (AvgIpc) is 2.89. The quantitative estimate of drug-likeness (QED) is 0.921. The summed E-state index contributed by atoms with van der Waals surface area (Å²) in [4.78, 5) is 23.3. The summed E-state index contributed by atoms with van der Waals surface area (Å²) in [6.45, 7) is 5.84. The molecule has 5 heteroatoms. The van der Waals surface area contributed by atoms with Gasteiger partial charge in [-0.25, -0.2) is 4.79 Å². The molecule has 1 N–H and O–H groups in total. The summed E-state index contributed by atoms with van der Waals surface area (Å²) in [5.74, 6) is 1.30. The van der Waals surface area contributed by atoms with Crippen molar-refractivity contribution in [1.29, 1.82) is 0 Å². The van der Waals surface area contributed by atoms with Crippen LogP contribution in [0.4, 0.5) is 4.79 Å². The summed E-state index contributed by atoms with van der Waals surface area (Å²) < 4.78 is 10.6. The molecule has 0 radical (unpaired) electrons. The summed E-state index contributed by atoms with van der Waals surface area (Å²) in [6, 6.07) is 5.89. The van der Waals surface area contributed by atoms with Gasteiger partial charge in [0.15, 0.2) is 0 Å². The van der Waals surface area contributed by atoms with Crippen LogP contribution in [-0.4, -0.2) is 24.6 Å². The third-order valence-corrected chi connectivity index (χ3v) is 3.78. The van der Waals surface area contributed by atoms with Gasteiger partial charge in [-0.2, -0.15) is 0 Å². The van der Waals surface area contributed by atoms with Gasteiger partial charge in [0.05, 0.1) is 7.11 Å². The minimum atomic E-state index is -0.520. The van der Waals surface area contributed by atoms with E-state index in [1.807, 2.05) is 39.0 Å². The lowest BCUT2D eigenvalue weighted by molar-refractivity contribution is -0.117. The molecule has 1 aliphatic rings. The Morgan fingerprint density at radius 3 is 2.61 bits per heavy atom. The van der Waals surface area contributed by atoms with Gasteiger partial charge in [0, 0.05) is 19.4 Å². The van der Waals surface area contributed by atoms with Crippen molar-refractivity contribution in [2.75, 3.05) is 7.11 Å². The minimum absolute atomic E-state index is 0.248. The molecule has 0 aliphatic heterocycles. The van der Waals surface area contributed by atoms with E-state index in [1.54, 1.807) is 7.11 Å². The molecule has 5 nitrogen and oxygen atoms in total. The van der Waals surface area contributed by atoms with Crippen LogP contribution in [-0.2, 0) is 16.1 Å². The second kappa shape index (κ2) is 7.02. The van der Waals surface area contributed by atoms with E-state index in [2.05, 4.69) is 5.32 Å². The molecule has 0 saturated heterocycles. The fourth-order valence-electron chi connectivity index (χ4n) is 2.73. The maximum Gasteiger partial charge on any atom is 0.407 e. The van der Waals surface area contributed by atoms with Crippen molar-refractivity contribution in [2.24, 2.45) is 0 Å². The molecule has 1 aromatic rings. The Balaban J connectivity index is 2.06. The molecule has 1 saturated carbocycles. The van der Waals surface area contributed by atoms with Crippen LogP contribution >= 0.6 is 0 Å². The van der Waals surface area contributed by atoms with Crippen LogP contribution in [0.25, 0.3) is 0 Å². The van der Waals surface area contributed by atoms with Crippen molar-refractivity contribution >= 4 is 11.9 Å². The highest BCUT2D eigenvalue weighted by atomic mass is 16.6. The van der Waals surface area contributed by atoms with Crippen LogP contribution in [0.3, 0.4) is 0 Å². The lowest BCUT2D eigenvalue weighted by Crippen LogP contribution is -2.32. The van der Waals surface area contributed by atoms with Gasteiger partial charge in [0.25, 0.3) is 0 Å². The normalized spacial score (nSPS) is 17.9. The first-order valence-electron chi connectivity index (χ1n) is 7.93. The molecule has 1 unspecified atom stereocenters. The fourth-order valence-corrected chi connectivity index (χ4v) is 2.73. The number of ether oxygens (including phenoxy) is 2. The fraction of sp³-hybridized carbons (Fsp3) is 0.556. The summed E-state index contributed by atoms with van der Waals surface area (Å²) in [5.41, 5.74) is 1.51. The highest BCUT2D eigenvalue weighted by Crippen LogP contribution is 2.34. The van der Waals surface area contributed by atoms with E-state index in [4.69, 9.17) is 9.47 Å². The van der Waals surface area contributed by atoms with Gasteiger partial charge < -0.3 is 14.8 Å².